The minimum atomic E-state index is -0.871. The molecule has 2 aliphatic heterocycles. The summed E-state index contributed by atoms with van der Waals surface area (Å²) >= 11 is 0. The van der Waals surface area contributed by atoms with E-state index in [0.717, 1.165) is 6.34 Å². The molecular weight excluding hydrogens is 176 g/mol. The van der Waals surface area contributed by atoms with Crippen molar-refractivity contribution in [2.75, 3.05) is 0 Å². The first-order valence-corrected chi connectivity index (χ1v) is 3.27. The molecule has 4 amide bonds. The Hall–Kier alpha value is -2.18. The summed E-state index contributed by atoms with van der Waals surface area (Å²) in [7, 11) is 0. The van der Waals surface area contributed by atoms with Gasteiger partial charge in [0.2, 0.25) is 0 Å². The van der Waals surface area contributed by atoms with E-state index in [-0.39, 0.29) is 11.4 Å². The Bertz CT molecular complexity index is 418. The standard InChI is InChI=1S/C6H2N4O3/c11-4-3-2(7-1-8-4)5(12)10-6(13)9-3/h1H,(H,10,12,13). The number of rotatable bonds is 0. The molecule has 0 fully saturated rings. The van der Waals surface area contributed by atoms with Gasteiger partial charge in [0.1, 0.15) is 6.34 Å². The molecule has 7 nitrogen and oxygen atoms in total. The second-order valence-corrected chi connectivity index (χ2v) is 2.25. The van der Waals surface area contributed by atoms with E-state index >= 15 is 0 Å². The highest BCUT2D eigenvalue weighted by Gasteiger charge is 2.32. The van der Waals surface area contributed by atoms with E-state index in [9.17, 15) is 14.4 Å². The summed E-state index contributed by atoms with van der Waals surface area (Å²) in [4.78, 5) is 42.8. The van der Waals surface area contributed by atoms with Gasteiger partial charge in [-0.15, -0.1) is 0 Å². The molecule has 0 aromatic carbocycles. The summed E-state index contributed by atoms with van der Waals surface area (Å²) < 4.78 is 0. The van der Waals surface area contributed by atoms with Gasteiger partial charge in [-0.05, 0) is 0 Å². The van der Waals surface area contributed by atoms with E-state index in [1.807, 2.05) is 5.32 Å². The van der Waals surface area contributed by atoms with Gasteiger partial charge in [-0.3, -0.25) is 14.9 Å². The monoisotopic (exact) mass is 178 g/mol. The van der Waals surface area contributed by atoms with Gasteiger partial charge in [0.15, 0.2) is 11.4 Å². The number of urea groups is 1. The van der Waals surface area contributed by atoms with Crippen molar-refractivity contribution < 1.29 is 14.4 Å². The lowest BCUT2D eigenvalue weighted by Gasteiger charge is -2.12. The summed E-state index contributed by atoms with van der Waals surface area (Å²) in [6, 6.07) is -0.871. The lowest BCUT2D eigenvalue weighted by atomic mass is 10.1. The van der Waals surface area contributed by atoms with Crippen molar-refractivity contribution >= 4 is 35.6 Å². The first-order chi connectivity index (χ1) is 6.18. The van der Waals surface area contributed by atoms with E-state index in [1.165, 1.54) is 0 Å². The molecule has 0 aromatic rings. The number of aliphatic imine (C=N–C) groups is 3. The Balaban J connectivity index is 2.58. The van der Waals surface area contributed by atoms with Crippen molar-refractivity contribution in [3.8, 4) is 0 Å². The molecule has 0 spiro atoms. The Labute approximate surface area is 71.3 Å². The average molecular weight is 178 g/mol. The number of fused-ring (bicyclic) bond motifs is 1. The zero-order valence-electron chi connectivity index (χ0n) is 6.14. The average Bonchev–Trinajstić information content (AvgIpc) is 2.07. The molecule has 0 bridgehead atoms. The Morgan fingerprint density at radius 2 is 1.92 bits per heavy atom. The lowest BCUT2D eigenvalue weighted by Crippen LogP contribution is -2.47. The van der Waals surface area contributed by atoms with Crippen LogP contribution in [-0.2, 0) is 9.59 Å². The quantitative estimate of drug-likeness (QED) is 0.498. The van der Waals surface area contributed by atoms with Crippen LogP contribution in [0.1, 0.15) is 0 Å². The molecule has 0 aromatic heterocycles. The third kappa shape index (κ3) is 1.06. The second kappa shape index (κ2) is 2.41. The second-order valence-electron chi connectivity index (χ2n) is 2.25. The summed E-state index contributed by atoms with van der Waals surface area (Å²) in [5, 5.41) is 1.89. The van der Waals surface area contributed by atoms with Gasteiger partial charge in [0.05, 0.1) is 0 Å². The largest absolute Gasteiger partial charge is 0.348 e. The maximum absolute atomic E-state index is 11.0. The van der Waals surface area contributed by atoms with Crippen molar-refractivity contribution in [2.24, 2.45) is 15.0 Å². The normalized spacial score (nSPS) is 20.5. The number of nitrogens with one attached hydrogen (secondary N) is 1. The van der Waals surface area contributed by atoms with Crippen molar-refractivity contribution in [1.29, 1.82) is 0 Å². The highest BCUT2D eigenvalue weighted by atomic mass is 16.2. The minimum absolute atomic E-state index is 0.167. The molecule has 1 N–H and O–H groups in total. The number of hydrogen-bond acceptors (Lipinski definition) is 4. The predicted octanol–water partition coefficient (Wildman–Crippen LogP) is -1.31. The number of imide groups is 1. The van der Waals surface area contributed by atoms with E-state index in [0.29, 0.717) is 0 Å². The van der Waals surface area contributed by atoms with Crippen molar-refractivity contribution in [3.63, 3.8) is 0 Å². The summed E-state index contributed by atoms with van der Waals surface area (Å²) in [5.74, 6) is -1.46. The van der Waals surface area contributed by atoms with Gasteiger partial charge in [0.25, 0.3) is 11.8 Å². The number of carbonyl (C=O) groups excluding carboxylic acids is 3. The van der Waals surface area contributed by atoms with E-state index < -0.39 is 17.8 Å². The number of hydrogen-bond donors (Lipinski definition) is 1. The topological polar surface area (TPSA) is 100 Å². The molecule has 0 radical (unpaired) electrons. The van der Waals surface area contributed by atoms with Crippen LogP contribution in [0.3, 0.4) is 0 Å². The van der Waals surface area contributed by atoms with Crippen molar-refractivity contribution in [1.82, 2.24) is 5.32 Å². The van der Waals surface area contributed by atoms with Crippen LogP contribution in [0.25, 0.3) is 0 Å². The predicted molar refractivity (Wildman–Crippen MR) is 41.9 cm³/mol. The fraction of sp³-hybridized carbons (Fsp3) is 0. The highest BCUT2D eigenvalue weighted by molar-refractivity contribution is 6.84. The molecule has 0 saturated heterocycles. The smallest absolute Gasteiger partial charge is 0.271 e. The van der Waals surface area contributed by atoms with Gasteiger partial charge < -0.3 is 0 Å². The Kier molecular flexibility index (Phi) is 1.38. The Morgan fingerprint density at radius 1 is 1.15 bits per heavy atom. The maximum Gasteiger partial charge on any atom is 0.348 e. The Morgan fingerprint density at radius 3 is 2.69 bits per heavy atom. The van der Waals surface area contributed by atoms with Gasteiger partial charge >= 0.3 is 6.03 Å². The minimum Gasteiger partial charge on any atom is -0.271 e. The van der Waals surface area contributed by atoms with Crippen LogP contribution in [0.2, 0.25) is 0 Å². The lowest BCUT2D eigenvalue weighted by molar-refractivity contribution is -0.115. The molecule has 0 unspecified atom stereocenters. The first kappa shape index (κ1) is 7.47. The molecule has 0 aliphatic carbocycles. The van der Waals surface area contributed by atoms with Crippen molar-refractivity contribution in [2.45, 2.75) is 0 Å². The third-order valence-electron chi connectivity index (χ3n) is 1.44. The molecule has 0 atom stereocenters. The maximum atomic E-state index is 11.0. The zero-order valence-corrected chi connectivity index (χ0v) is 6.14. The van der Waals surface area contributed by atoms with Gasteiger partial charge in [0, 0.05) is 0 Å². The molecule has 0 saturated carbocycles. The summed E-state index contributed by atoms with van der Waals surface area (Å²) in [6.07, 6.45) is 0.950. The summed E-state index contributed by atoms with van der Waals surface area (Å²) in [6.45, 7) is 0. The van der Waals surface area contributed by atoms with Crippen LogP contribution in [0, 0.1) is 0 Å². The molecule has 64 valence electrons. The number of nitrogens with zero attached hydrogens (tertiary/aromatic N) is 3. The van der Waals surface area contributed by atoms with E-state index in [1.54, 1.807) is 0 Å². The molecule has 13 heavy (non-hydrogen) atoms. The fourth-order valence-electron chi connectivity index (χ4n) is 0.915. The van der Waals surface area contributed by atoms with Gasteiger partial charge in [-0.25, -0.2) is 9.79 Å². The molecule has 2 aliphatic rings. The zero-order chi connectivity index (χ0) is 9.42. The molecule has 7 heteroatoms. The third-order valence-corrected chi connectivity index (χ3v) is 1.44. The van der Waals surface area contributed by atoms with Crippen LogP contribution < -0.4 is 5.32 Å². The van der Waals surface area contributed by atoms with Crippen molar-refractivity contribution in [3.05, 3.63) is 0 Å². The number of amides is 4. The molecule has 2 rings (SSSR count). The summed E-state index contributed by atoms with van der Waals surface area (Å²) in [5.41, 5.74) is -0.462. The highest BCUT2D eigenvalue weighted by Crippen LogP contribution is 2.00. The van der Waals surface area contributed by atoms with Crippen LogP contribution in [-0.4, -0.2) is 35.6 Å². The van der Waals surface area contributed by atoms with E-state index in [4.69, 9.17) is 0 Å². The van der Waals surface area contributed by atoms with Gasteiger partial charge in [-0.1, -0.05) is 0 Å². The SMILES string of the molecule is O=C1N=C2C(=O)N=CN=C2C(=O)N1. The van der Waals surface area contributed by atoms with Crippen LogP contribution in [0.4, 0.5) is 4.79 Å². The van der Waals surface area contributed by atoms with Crippen LogP contribution >= 0.6 is 0 Å². The molecule has 2 heterocycles. The van der Waals surface area contributed by atoms with Gasteiger partial charge in [-0.2, -0.15) is 9.98 Å². The molecular formula is C6H2N4O3. The van der Waals surface area contributed by atoms with Crippen LogP contribution in [0.5, 0.6) is 0 Å². The number of carbonyl (C=O) groups is 3. The fourth-order valence-corrected chi connectivity index (χ4v) is 0.915. The van der Waals surface area contributed by atoms with E-state index in [2.05, 4.69) is 15.0 Å². The van der Waals surface area contributed by atoms with Crippen LogP contribution in [0.15, 0.2) is 15.0 Å². The first-order valence-electron chi connectivity index (χ1n) is 3.27.